The van der Waals surface area contributed by atoms with Crippen LogP contribution >= 0.6 is 0 Å². The van der Waals surface area contributed by atoms with Crippen molar-refractivity contribution >= 4 is 23.4 Å². The highest BCUT2D eigenvalue weighted by Crippen LogP contribution is 2.40. The van der Waals surface area contributed by atoms with Crippen LogP contribution in [0.5, 0.6) is 11.6 Å². The first-order valence-corrected chi connectivity index (χ1v) is 11.5. The molecule has 1 atom stereocenters. The van der Waals surface area contributed by atoms with E-state index in [-0.39, 0.29) is 23.6 Å². The summed E-state index contributed by atoms with van der Waals surface area (Å²) in [5, 5.41) is 3.22. The molecule has 3 aromatic rings. The maximum atomic E-state index is 12.9. The standard InChI is InChI=1S/C23H23F3N8O2/c1-3-16-20(35)34-8-4-5-15-18(34)19(33(16)2)32-22(31-15)30-10-13-6-7-17(27-9-13)36-14-11-28-21(29-12-14)23(24,25)26/h6-7,9,11-12,16H,3-5,8,10H2,1-2H3,(H,30,31,32)/t16-/m0/s1. The van der Waals surface area contributed by atoms with Gasteiger partial charge in [0.2, 0.25) is 23.6 Å². The highest BCUT2D eigenvalue weighted by Gasteiger charge is 2.40. The Hall–Kier alpha value is -4.03. The molecule has 13 heteroatoms. The van der Waals surface area contributed by atoms with Crippen LogP contribution < -0.4 is 19.9 Å². The first-order chi connectivity index (χ1) is 17.2. The van der Waals surface area contributed by atoms with Gasteiger partial charge in [-0.05, 0) is 24.8 Å². The molecule has 5 rings (SSSR count). The van der Waals surface area contributed by atoms with Gasteiger partial charge in [0.15, 0.2) is 11.6 Å². The summed E-state index contributed by atoms with van der Waals surface area (Å²) in [4.78, 5) is 36.7. The zero-order chi connectivity index (χ0) is 25.4. The maximum Gasteiger partial charge on any atom is 0.451 e. The van der Waals surface area contributed by atoms with Crippen LogP contribution in [0.1, 0.15) is 36.8 Å². The monoisotopic (exact) mass is 500 g/mol. The average Bonchev–Trinajstić information content (AvgIpc) is 2.87. The lowest BCUT2D eigenvalue weighted by molar-refractivity contribution is -0.145. The molecule has 0 bridgehead atoms. The summed E-state index contributed by atoms with van der Waals surface area (Å²) in [6.45, 7) is 3.05. The molecule has 0 radical (unpaired) electrons. The van der Waals surface area contributed by atoms with Crippen LogP contribution in [0.15, 0.2) is 30.7 Å². The molecule has 188 valence electrons. The summed E-state index contributed by atoms with van der Waals surface area (Å²) < 4.78 is 43.2. The van der Waals surface area contributed by atoms with Crippen molar-refractivity contribution in [3.8, 4) is 11.6 Å². The number of rotatable bonds is 6. The third-order valence-electron chi connectivity index (χ3n) is 6.09. The molecular weight excluding hydrogens is 477 g/mol. The molecule has 0 fully saturated rings. The van der Waals surface area contributed by atoms with Crippen LogP contribution in [-0.2, 0) is 23.9 Å². The summed E-state index contributed by atoms with van der Waals surface area (Å²) in [6, 6.07) is 3.11. The van der Waals surface area contributed by atoms with E-state index in [1.807, 2.05) is 23.8 Å². The number of nitrogens with zero attached hydrogens (tertiary/aromatic N) is 7. The number of carbonyl (C=O) groups is 1. The molecule has 0 saturated heterocycles. The third-order valence-corrected chi connectivity index (χ3v) is 6.09. The van der Waals surface area contributed by atoms with Crippen molar-refractivity contribution in [1.29, 1.82) is 0 Å². The number of hydrogen-bond donors (Lipinski definition) is 1. The Morgan fingerprint density at radius 3 is 2.58 bits per heavy atom. The molecule has 3 aromatic heterocycles. The number of amides is 1. The number of aryl methyl sites for hydroxylation is 1. The number of ether oxygens (including phenoxy) is 1. The smallest absolute Gasteiger partial charge is 0.436 e. The zero-order valence-corrected chi connectivity index (χ0v) is 19.6. The molecule has 0 aliphatic carbocycles. The topological polar surface area (TPSA) is 109 Å². The molecule has 36 heavy (non-hydrogen) atoms. The van der Waals surface area contributed by atoms with Crippen molar-refractivity contribution in [2.75, 3.05) is 28.7 Å². The molecule has 5 heterocycles. The van der Waals surface area contributed by atoms with Crippen LogP contribution in [0.25, 0.3) is 0 Å². The van der Waals surface area contributed by atoms with Gasteiger partial charge >= 0.3 is 6.18 Å². The highest BCUT2D eigenvalue weighted by atomic mass is 19.4. The van der Waals surface area contributed by atoms with Gasteiger partial charge in [0, 0.05) is 32.4 Å². The van der Waals surface area contributed by atoms with Gasteiger partial charge in [-0.1, -0.05) is 13.0 Å². The molecule has 0 saturated carbocycles. The van der Waals surface area contributed by atoms with E-state index in [0.717, 1.165) is 48.0 Å². The second-order valence-electron chi connectivity index (χ2n) is 8.49. The Balaban J connectivity index is 1.27. The summed E-state index contributed by atoms with van der Waals surface area (Å²) in [6.07, 6.45) is 1.17. The minimum atomic E-state index is -4.62. The minimum Gasteiger partial charge on any atom is -0.436 e. The van der Waals surface area contributed by atoms with Gasteiger partial charge in [-0.2, -0.15) is 18.2 Å². The molecular formula is C23H23F3N8O2. The molecule has 0 aromatic carbocycles. The number of aromatic nitrogens is 5. The zero-order valence-electron chi connectivity index (χ0n) is 19.6. The molecule has 0 spiro atoms. The van der Waals surface area contributed by atoms with Crippen LogP contribution in [0, 0.1) is 0 Å². The second-order valence-corrected chi connectivity index (χ2v) is 8.49. The van der Waals surface area contributed by atoms with Gasteiger partial charge in [0.25, 0.3) is 0 Å². The fraction of sp³-hybridized carbons (Fsp3) is 0.391. The fourth-order valence-electron chi connectivity index (χ4n) is 4.34. The lowest BCUT2D eigenvalue weighted by atomic mass is 10.0. The van der Waals surface area contributed by atoms with E-state index in [0.29, 0.717) is 25.5 Å². The van der Waals surface area contributed by atoms with E-state index in [4.69, 9.17) is 9.72 Å². The Morgan fingerprint density at radius 1 is 1.14 bits per heavy atom. The first kappa shape index (κ1) is 23.7. The van der Waals surface area contributed by atoms with Crippen molar-refractivity contribution in [3.05, 3.63) is 47.8 Å². The normalized spacial score (nSPS) is 17.1. The second kappa shape index (κ2) is 9.21. The summed E-state index contributed by atoms with van der Waals surface area (Å²) in [7, 11) is 1.88. The molecule has 2 aliphatic rings. The average molecular weight is 500 g/mol. The van der Waals surface area contributed by atoms with Gasteiger partial charge < -0.3 is 19.9 Å². The van der Waals surface area contributed by atoms with Crippen LogP contribution in [-0.4, -0.2) is 50.5 Å². The van der Waals surface area contributed by atoms with Gasteiger partial charge in [-0.25, -0.2) is 19.9 Å². The van der Waals surface area contributed by atoms with Gasteiger partial charge in [0.05, 0.1) is 18.1 Å². The Kier molecular flexibility index (Phi) is 6.06. The van der Waals surface area contributed by atoms with Crippen LogP contribution in [0.4, 0.5) is 30.6 Å². The molecule has 2 aliphatic heterocycles. The third kappa shape index (κ3) is 4.48. The maximum absolute atomic E-state index is 12.9. The van der Waals surface area contributed by atoms with Crippen molar-refractivity contribution in [2.45, 2.75) is 44.9 Å². The van der Waals surface area contributed by atoms with Crippen LogP contribution in [0.2, 0.25) is 0 Å². The number of hydrogen-bond acceptors (Lipinski definition) is 9. The lowest BCUT2D eigenvalue weighted by Gasteiger charge is -2.42. The Bertz CT molecular complexity index is 1270. The molecule has 10 nitrogen and oxygen atoms in total. The van der Waals surface area contributed by atoms with E-state index in [9.17, 15) is 18.0 Å². The van der Waals surface area contributed by atoms with Gasteiger partial charge in [0.1, 0.15) is 11.7 Å². The molecule has 1 amide bonds. The fourth-order valence-corrected chi connectivity index (χ4v) is 4.34. The molecule has 1 N–H and O–H groups in total. The molecule has 0 unspecified atom stereocenters. The number of halogens is 3. The van der Waals surface area contributed by atoms with E-state index >= 15 is 0 Å². The summed E-state index contributed by atoms with van der Waals surface area (Å²) in [5.74, 6) is 0.291. The largest absolute Gasteiger partial charge is 0.451 e. The number of alkyl halides is 3. The SMILES string of the molecule is CC[C@H]1C(=O)N2CCCc3nc(NCc4ccc(Oc5cnc(C(F)(F)F)nc5)nc4)nc(c32)N1C. The highest BCUT2D eigenvalue weighted by molar-refractivity contribution is 6.05. The van der Waals surface area contributed by atoms with Crippen molar-refractivity contribution < 1.29 is 22.7 Å². The quantitative estimate of drug-likeness (QED) is 0.543. The van der Waals surface area contributed by atoms with Crippen molar-refractivity contribution in [2.24, 2.45) is 0 Å². The summed E-state index contributed by atoms with van der Waals surface area (Å²) >= 11 is 0. The number of pyridine rings is 1. The van der Waals surface area contributed by atoms with E-state index in [2.05, 4.69) is 25.3 Å². The number of likely N-dealkylation sites (N-methyl/N-ethyl adjacent to an activating group) is 1. The lowest BCUT2D eigenvalue weighted by Crippen LogP contribution is -2.54. The first-order valence-electron chi connectivity index (χ1n) is 11.5. The predicted molar refractivity (Wildman–Crippen MR) is 124 cm³/mol. The van der Waals surface area contributed by atoms with Crippen LogP contribution in [0.3, 0.4) is 0 Å². The number of nitrogens with one attached hydrogen (secondary N) is 1. The predicted octanol–water partition coefficient (Wildman–Crippen LogP) is 3.59. The number of carbonyl (C=O) groups excluding carboxylic acids is 1. The van der Waals surface area contributed by atoms with Crippen molar-refractivity contribution in [3.63, 3.8) is 0 Å². The summed E-state index contributed by atoms with van der Waals surface area (Å²) in [5.41, 5.74) is 2.47. The van der Waals surface area contributed by atoms with Gasteiger partial charge in [-0.15, -0.1) is 0 Å². The van der Waals surface area contributed by atoms with E-state index in [1.165, 1.54) is 0 Å². The van der Waals surface area contributed by atoms with Crippen molar-refractivity contribution in [1.82, 2.24) is 24.9 Å². The minimum absolute atomic E-state index is 0.0415. The van der Waals surface area contributed by atoms with E-state index < -0.39 is 12.0 Å². The Labute approximate surface area is 204 Å². The Morgan fingerprint density at radius 2 is 1.92 bits per heavy atom. The number of anilines is 3. The van der Waals surface area contributed by atoms with E-state index in [1.54, 1.807) is 18.3 Å². The van der Waals surface area contributed by atoms with Gasteiger partial charge in [-0.3, -0.25) is 4.79 Å².